The van der Waals surface area contributed by atoms with Crippen molar-refractivity contribution in [2.75, 3.05) is 14.2 Å². The highest BCUT2D eigenvalue weighted by Gasteiger charge is 2.09. The third-order valence-electron chi connectivity index (χ3n) is 2.64. The molecule has 0 saturated heterocycles. The Hall–Kier alpha value is -1.46. The van der Waals surface area contributed by atoms with Crippen LogP contribution in [0.2, 0.25) is 0 Å². The zero-order chi connectivity index (χ0) is 14.5. The van der Waals surface area contributed by atoms with Gasteiger partial charge in [0.2, 0.25) is 0 Å². The lowest BCUT2D eigenvalue weighted by molar-refractivity contribution is 0.0600. The zero-order valence-electron chi connectivity index (χ0n) is 11.1. The first-order chi connectivity index (χ1) is 9.63. The molecule has 0 aromatic heterocycles. The summed E-state index contributed by atoms with van der Waals surface area (Å²) in [5.41, 5.74) is 0.526. The molecule has 0 aliphatic heterocycles. The summed E-state index contributed by atoms with van der Waals surface area (Å²) >= 11 is 5.08. The number of rotatable bonds is 4. The molecule has 0 unspecified atom stereocenters. The van der Waals surface area contributed by atoms with E-state index in [9.17, 15) is 4.79 Å². The van der Waals surface area contributed by atoms with Crippen LogP contribution in [-0.4, -0.2) is 20.2 Å². The Morgan fingerprint density at radius 3 is 2.35 bits per heavy atom. The van der Waals surface area contributed by atoms with Crippen molar-refractivity contribution in [1.82, 2.24) is 0 Å². The molecule has 0 fully saturated rings. The molecule has 0 spiro atoms. The normalized spacial score (nSPS) is 10.2. The number of carbonyl (C=O) groups is 1. The molecule has 0 aliphatic rings. The number of halogens is 1. The molecular weight excluding hydrogens is 340 g/mol. The second-order valence-electron chi connectivity index (χ2n) is 3.91. The summed E-state index contributed by atoms with van der Waals surface area (Å²) in [7, 11) is 3.01. The van der Waals surface area contributed by atoms with Crippen molar-refractivity contribution in [2.45, 2.75) is 9.79 Å². The van der Waals surface area contributed by atoms with Crippen LogP contribution in [0.1, 0.15) is 10.4 Å². The Balaban J connectivity index is 2.18. The van der Waals surface area contributed by atoms with E-state index in [-0.39, 0.29) is 5.97 Å². The average Bonchev–Trinajstić information content (AvgIpc) is 2.49. The standard InChI is InChI=1S/C15H13BrO3S/c1-18-11-4-6-12(7-5-11)20-14-8-3-10(9-13(14)16)15(17)19-2/h3-9H,1-2H3. The summed E-state index contributed by atoms with van der Waals surface area (Å²) in [5, 5.41) is 0. The first kappa shape index (κ1) is 14.9. The average molecular weight is 353 g/mol. The van der Waals surface area contributed by atoms with Crippen molar-refractivity contribution in [1.29, 1.82) is 0 Å². The molecule has 0 atom stereocenters. The highest BCUT2D eigenvalue weighted by Crippen LogP contribution is 2.34. The molecule has 2 aromatic carbocycles. The van der Waals surface area contributed by atoms with E-state index in [4.69, 9.17) is 9.47 Å². The van der Waals surface area contributed by atoms with Crippen LogP contribution >= 0.6 is 27.7 Å². The fraction of sp³-hybridized carbons (Fsp3) is 0.133. The molecule has 0 N–H and O–H groups in total. The smallest absolute Gasteiger partial charge is 0.337 e. The highest BCUT2D eigenvalue weighted by atomic mass is 79.9. The fourth-order valence-electron chi connectivity index (χ4n) is 1.60. The Labute approximate surface area is 130 Å². The molecule has 0 aliphatic carbocycles. The van der Waals surface area contributed by atoms with E-state index in [1.54, 1.807) is 31.0 Å². The van der Waals surface area contributed by atoms with Crippen LogP contribution in [0.4, 0.5) is 0 Å². The Kier molecular flexibility index (Phi) is 5.09. The summed E-state index contributed by atoms with van der Waals surface area (Å²) in [6.45, 7) is 0. The number of carbonyl (C=O) groups excluding carboxylic acids is 1. The van der Waals surface area contributed by atoms with Gasteiger partial charge in [0.1, 0.15) is 5.75 Å². The molecule has 0 heterocycles. The largest absolute Gasteiger partial charge is 0.497 e. The summed E-state index contributed by atoms with van der Waals surface area (Å²) in [5.74, 6) is 0.487. The Morgan fingerprint density at radius 2 is 1.80 bits per heavy atom. The van der Waals surface area contributed by atoms with Crippen molar-refractivity contribution >= 4 is 33.7 Å². The third-order valence-corrected chi connectivity index (χ3v) is 4.64. The van der Waals surface area contributed by atoms with Gasteiger partial charge in [0.05, 0.1) is 19.8 Å². The van der Waals surface area contributed by atoms with E-state index in [2.05, 4.69) is 15.9 Å². The lowest BCUT2D eigenvalue weighted by atomic mass is 10.2. The van der Waals surface area contributed by atoms with E-state index < -0.39 is 0 Å². The number of esters is 1. The fourth-order valence-corrected chi connectivity index (χ4v) is 3.04. The van der Waals surface area contributed by atoms with Crippen molar-refractivity contribution in [3.05, 3.63) is 52.5 Å². The van der Waals surface area contributed by atoms with Crippen molar-refractivity contribution in [2.24, 2.45) is 0 Å². The summed E-state index contributed by atoms with van der Waals surface area (Å²) < 4.78 is 10.7. The van der Waals surface area contributed by atoms with E-state index in [1.165, 1.54) is 7.11 Å². The zero-order valence-corrected chi connectivity index (χ0v) is 13.5. The van der Waals surface area contributed by atoms with Gasteiger partial charge in [-0.2, -0.15) is 0 Å². The van der Waals surface area contributed by atoms with Crippen molar-refractivity contribution < 1.29 is 14.3 Å². The monoisotopic (exact) mass is 352 g/mol. The predicted octanol–water partition coefficient (Wildman–Crippen LogP) is 4.40. The topological polar surface area (TPSA) is 35.5 Å². The minimum Gasteiger partial charge on any atom is -0.497 e. The molecule has 2 aromatic rings. The lowest BCUT2D eigenvalue weighted by Gasteiger charge is -2.07. The van der Waals surface area contributed by atoms with E-state index in [0.29, 0.717) is 5.56 Å². The maximum atomic E-state index is 11.4. The molecule has 104 valence electrons. The van der Waals surface area contributed by atoms with Gasteiger partial charge in [0.15, 0.2) is 0 Å². The van der Waals surface area contributed by atoms with Crippen molar-refractivity contribution in [3.63, 3.8) is 0 Å². The van der Waals surface area contributed by atoms with Crippen LogP contribution < -0.4 is 4.74 Å². The Bertz CT molecular complexity index is 611. The summed E-state index contributed by atoms with van der Waals surface area (Å²) in [6.07, 6.45) is 0. The minimum atomic E-state index is -0.341. The van der Waals surface area contributed by atoms with E-state index >= 15 is 0 Å². The number of hydrogen-bond donors (Lipinski definition) is 0. The number of benzene rings is 2. The van der Waals surface area contributed by atoms with Crippen LogP contribution in [0.5, 0.6) is 5.75 Å². The van der Waals surface area contributed by atoms with Gasteiger partial charge in [-0.1, -0.05) is 11.8 Å². The molecule has 3 nitrogen and oxygen atoms in total. The third kappa shape index (κ3) is 3.55. The molecular formula is C15H13BrO3S. The van der Waals surface area contributed by atoms with Gasteiger partial charge < -0.3 is 9.47 Å². The maximum absolute atomic E-state index is 11.4. The molecule has 0 saturated carbocycles. The molecule has 0 radical (unpaired) electrons. The van der Waals surface area contributed by atoms with E-state index in [1.807, 2.05) is 30.3 Å². The number of ether oxygens (including phenoxy) is 2. The van der Waals surface area contributed by atoms with Gasteiger partial charge in [0, 0.05) is 14.3 Å². The summed E-state index contributed by atoms with van der Waals surface area (Å²) in [6, 6.07) is 13.2. The number of methoxy groups -OCH3 is 2. The summed E-state index contributed by atoms with van der Waals surface area (Å²) in [4.78, 5) is 13.6. The van der Waals surface area contributed by atoms with Crippen LogP contribution in [-0.2, 0) is 4.74 Å². The Morgan fingerprint density at radius 1 is 1.10 bits per heavy atom. The first-order valence-corrected chi connectivity index (χ1v) is 7.44. The van der Waals surface area contributed by atoms with Crippen LogP contribution in [0.25, 0.3) is 0 Å². The van der Waals surface area contributed by atoms with Gasteiger partial charge in [-0.3, -0.25) is 0 Å². The molecule has 2 rings (SSSR count). The molecule has 5 heteroatoms. The quantitative estimate of drug-likeness (QED) is 0.764. The van der Waals surface area contributed by atoms with Crippen LogP contribution in [0, 0.1) is 0 Å². The second-order valence-corrected chi connectivity index (χ2v) is 5.88. The maximum Gasteiger partial charge on any atom is 0.337 e. The second kappa shape index (κ2) is 6.81. The molecule has 0 amide bonds. The van der Waals surface area contributed by atoms with Gasteiger partial charge in [-0.25, -0.2) is 4.79 Å². The highest BCUT2D eigenvalue weighted by molar-refractivity contribution is 9.10. The number of hydrogen-bond acceptors (Lipinski definition) is 4. The SMILES string of the molecule is COC(=O)c1ccc(Sc2ccc(OC)cc2)c(Br)c1. The van der Waals surface area contributed by atoms with Gasteiger partial charge in [0.25, 0.3) is 0 Å². The first-order valence-electron chi connectivity index (χ1n) is 5.84. The van der Waals surface area contributed by atoms with Gasteiger partial charge in [-0.15, -0.1) is 0 Å². The predicted molar refractivity (Wildman–Crippen MR) is 82.6 cm³/mol. The van der Waals surface area contributed by atoms with Crippen LogP contribution in [0.3, 0.4) is 0 Å². The van der Waals surface area contributed by atoms with Crippen molar-refractivity contribution in [3.8, 4) is 5.75 Å². The van der Waals surface area contributed by atoms with Gasteiger partial charge >= 0.3 is 5.97 Å². The minimum absolute atomic E-state index is 0.341. The molecule has 20 heavy (non-hydrogen) atoms. The lowest BCUT2D eigenvalue weighted by Crippen LogP contribution is -2.00. The van der Waals surface area contributed by atoms with Crippen LogP contribution in [0.15, 0.2) is 56.7 Å². The molecule has 0 bridgehead atoms. The van der Waals surface area contributed by atoms with Gasteiger partial charge in [-0.05, 0) is 58.4 Å². The van der Waals surface area contributed by atoms with E-state index in [0.717, 1.165) is 20.0 Å².